The van der Waals surface area contributed by atoms with Crippen LogP contribution in [0.2, 0.25) is 0 Å². The number of halogens is 1. The fraction of sp³-hybridized carbons (Fsp3) is 0.167. The summed E-state index contributed by atoms with van der Waals surface area (Å²) in [7, 11) is 1.37. The summed E-state index contributed by atoms with van der Waals surface area (Å²) in [6.07, 6.45) is 3.66. The lowest BCUT2D eigenvalue weighted by molar-refractivity contribution is 0.383. The Hall–Kier alpha value is -1.12. The van der Waals surface area contributed by atoms with Gasteiger partial charge in [0.05, 0.1) is 7.11 Å². The first-order valence-electron chi connectivity index (χ1n) is 2.41. The Morgan fingerprint density at radius 2 is 2.56 bits per heavy atom. The molecule has 1 radical (unpaired) electrons. The number of pyridine rings is 1. The molecule has 0 atom stereocenters. The van der Waals surface area contributed by atoms with Crippen LogP contribution in [-0.4, -0.2) is 12.1 Å². The third kappa shape index (κ3) is 1.16. The molecule has 0 amide bonds. The molecule has 9 heavy (non-hydrogen) atoms. The topological polar surface area (TPSA) is 22.1 Å². The van der Waals surface area contributed by atoms with Crippen molar-refractivity contribution in [3.63, 3.8) is 0 Å². The van der Waals surface area contributed by atoms with Crippen molar-refractivity contribution in [3.8, 4) is 5.75 Å². The molecule has 3 heteroatoms. The van der Waals surface area contributed by atoms with E-state index in [9.17, 15) is 4.39 Å². The third-order valence-corrected chi connectivity index (χ3v) is 0.883. The van der Waals surface area contributed by atoms with Crippen LogP contribution in [0.25, 0.3) is 0 Å². The second-order valence-corrected chi connectivity index (χ2v) is 1.44. The van der Waals surface area contributed by atoms with Crippen LogP contribution in [0.1, 0.15) is 0 Å². The third-order valence-electron chi connectivity index (χ3n) is 0.883. The summed E-state index contributed by atoms with van der Waals surface area (Å²) in [6, 6.07) is 1.22. The SMILES string of the molecule is COc1[c]nccc1F. The second kappa shape index (κ2) is 2.44. The van der Waals surface area contributed by atoms with E-state index in [0.717, 1.165) is 0 Å². The van der Waals surface area contributed by atoms with Gasteiger partial charge in [-0.1, -0.05) is 0 Å². The van der Waals surface area contributed by atoms with Crippen LogP contribution >= 0.6 is 0 Å². The molecule has 0 spiro atoms. The first-order chi connectivity index (χ1) is 4.34. The van der Waals surface area contributed by atoms with Gasteiger partial charge in [-0.25, -0.2) is 4.39 Å². The van der Waals surface area contributed by atoms with E-state index in [2.05, 4.69) is 15.9 Å². The number of methoxy groups -OCH3 is 1. The largest absolute Gasteiger partial charge is 0.491 e. The van der Waals surface area contributed by atoms with E-state index < -0.39 is 5.82 Å². The zero-order valence-electron chi connectivity index (χ0n) is 4.89. The minimum absolute atomic E-state index is 0.0532. The van der Waals surface area contributed by atoms with Crippen molar-refractivity contribution in [2.75, 3.05) is 7.11 Å². The average Bonchev–Trinajstić information content (AvgIpc) is 1.89. The Kier molecular flexibility index (Phi) is 1.63. The normalized spacial score (nSPS) is 9.11. The van der Waals surface area contributed by atoms with Gasteiger partial charge in [0.1, 0.15) is 6.20 Å². The smallest absolute Gasteiger partial charge is 0.182 e. The van der Waals surface area contributed by atoms with Gasteiger partial charge in [0.2, 0.25) is 0 Å². The van der Waals surface area contributed by atoms with Crippen molar-refractivity contribution in [2.24, 2.45) is 0 Å². The van der Waals surface area contributed by atoms with Gasteiger partial charge in [-0.05, 0) is 6.07 Å². The van der Waals surface area contributed by atoms with Crippen LogP contribution in [0.15, 0.2) is 12.3 Å². The van der Waals surface area contributed by atoms with Crippen LogP contribution < -0.4 is 4.74 Å². The summed E-state index contributed by atoms with van der Waals surface area (Å²) >= 11 is 0. The lowest BCUT2D eigenvalue weighted by atomic mass is 10.4. The zero-order valence-corrected chi connectivity index (χ0v) is 4.89. The standard InChI is InChI=1S/C6H5FNO/c1-9-6-4-8-3-2-5(6)7/h2-3H,1H3. The number of rotatable bonds is 1. The summed E-state index contributed by atoms with van der Waals surface area (Å²) in [5.41, 5.74) is 0. The minimum atomic E-state index is -0.437. The van der Waals surface area contributed by atoms with E-state index in [-0.39, 0.29) is 5.75 Å². The molecule has 0 unspecified atom stereocenters. The predicted octanol–water partition coefficient (Wildman–Crippen LogP) is 1.03. The van der Waals surface area contributed by atoms with Crippen LogP contribution in [0.4, 0.5) is 4.39 Å². The maximum absolute atomic E-state index is 12.4. The molecule has 1 rings (SSSR count). The molecule has 0 bridgehead atoms. The van der Waals surface area contributed by atoms with Gasteiger partial charge in [0, 0.05) is 6.20 Å². The molecule has 47 valence electrons. The summed E-state index contributed by atoms with van der Waals surface area (Å²) in [5.74, 6) is -0.384. The quantitative estimate of drug-likeness (QED) is 0.560. The maximum Gasteiger partial charge on any atom is 0.182 e. The molecule has 0 aliphatic heterocycles. The van der Waals surface area contributed by atoms with Gasteiger partial charge >= 0.3 is 0 Å². The molecule has 0 fully saturated rings. The van der Waals surface area contributed by atoms with E-state index in [1.807, 2.05) is 0 Å². The highest BCUT2D eigenvalue weighted by Gasteiger charge is 1.97. The summed E-state index contributed by atoms with van der Waals surface area (Å²) in [5, 5.41) is 0. The molecular formula is C6H5FNO. The Morgan fingerprint density at radius 3 is 3.00 bits per heavy atom. The maximum atomic E-state index is 12.4. The number of hydrogen-bond donors (Lipinski definition) is 0. The van der Waals surface area contributed by atoms with Gasteiger partial charge in [0.15, 0.2) is 11.6 Å². The Labute approximate surface area is 52.3 Å². The first-order valence-corrected chi connectivity index (χ1v) is 2.41. The number of aromatic nitrogens is 1. The highest BCUT2D eigenvalue weighted by atomic mass is 19.1. The van der Waals surface area contributed by atoms with Crippen molar-refractivity contribution >= 4 is 0 Å². The molecule has 0 N–H and O–H groups in total. The van der Waals surface area contributed by atoms with Gasteiger partial charge < -0.3 is 4.74 Å². The number of hydrogen-bond acceptors (Lipinski definition) is 2. The van der Waals surface area contributed by atoms with Gasteiger partial charge in [-0.15, -0.1) is 0 Å². The molecule has 0 saturated carbocycles. The van der Waals surface area contributed by atoms with E-state index in [4.69, 9.17) is 0 Å². The highest BCUT2D eigenvalue weighted by Crippen LogP contribution is 2.10. The van der Waals surface area contributed by atoms with E-state index in [1.54, 1.807) is 0 Å². The van der Waals surface area contributed by atoms with Crippen molar-refractivity contribution in [2.45, 2.75) is 0 Å². The van der Waals surface area contributed by atoms with Crippen LogP contribution in [0.3, 0.4) is 0 Å². The van der Waals surface area contributed by atoms with Gasteiger partial charge in [-0.3, -0.25) is 4.98 Å². The fourth-order valence-electron chi connectivity index (χ4n) is 0.471. The van der Waals surface area contributed by atoms with Crippen LogP contribution in [-0.2, 0) is 0 Å². The van der Waals surface area contributed by atoms with Gasteiger partial charge in [-0.2, -0.15) is 0 Å². The van der Waals surface area contributed by atoms with Crippen molar-refractivity contribution < 1.29 is 9.13 Å². The van der Waals surface area contributed by atoms with Crippen molar-refractivity contribution in [3.05, 3.63) is 24.3 Å². The molecular weight excluding hydrogens is 121 g/mol. The Morgan fingerprint density at radius 1 is 1.78 bits per heavy atom. The molecule has 0 aliphatic rings. The summed E-state index contributed by atoms with van der Waals surface area (Å²) in [4.78, 5) is 3.53. The highest BCUT2D eigenvalue weighted by molar-refractivity contribution is 5.16. The lowest BCUT2D eigenvalue weighted by Crippen LogP contribution is -1.87. The molecule has 1 aromatic heterocycles. The van der Waals surface area contributed by atoms with Crippen molar-refractivity contribution in [1.82, 2.24) is 4.98 Å². The van der Waals surface area contributed by atoms with Crippen LogP contribution in [0.5, 0.6) is 5.75 Å². The average molecular weight is 126 g/mol. The molecule has 1 heterocycles. The number of ether oxygens (including phenoxy) is 1. The molecule has 2 nitrogen and oxygen atoms in total. The van der Waals surface area contributed by atoms with Crippen molar-refractivity contribution in [1.29, 1.82) is 0 Å². The first kappa shape index (κ1) is 6.01. The molecule has 1 aromatic rings. The molecule has 0 aliphatic carbocycles. The van der Waals surface area contributed by atoms with E-state index in [1.165, 1.54) is 19.4 Å². The Bertz CT molecular complexity index is 202. The second-order valence-electron chi connectivity index (χ2n) is 1.44. The van der Waals surface area contributed by atoms with Crippen LogP contribution in [0, 0.1) is 12.0 Å². The number of nitrogens with zero attached hydrogens (tertiary/aromatic N) is 1. The minimum Gasteiger partial charge on any atom is -0.491 e. The predicted molar refractivity (Wildman–Crippen MR) is 29.6 cm³/mol. The summed E-state index contributed by atoms with van der Waals surface area (Å²) in [6.45, 7) is 0. The fourth-order valence-corrected chi connectivity index (χ4v) is 0.471. The summed E-state index contributed by atoms with van der Waals surface area (Å²) < 4.78 is 16.9. The Balaban J connectivity index is 3.01. The van der Waals surface area contributed by atoms with E-state index >= 15 is 0 Å². The lowest BCUT2D eigenvalue weighted by Gasteiger charge is -1.95. The molecule has 0 saturated heterocycles. The molecule has 0 aromatic carbocycles. The monoisotopic (exact) mass is 126 g/mol. The zero-order chi connectivity index (χ0) is 6.69. The van der Waals surface area contributed by atoms with Gasteiger partial charge in [0.25, 0.3) is 0 Å². The van der Waals surface area contributed by atoms with E-state index in [0.29, 0.717) is 0 Å².